The van der Waals surface area contributed by atoms with Crippen LogP contribution in [0.4, 0.5) is 0 Å². The Morgan fingerprint density at radius 1 is 1.15 bits per heavy atom. The first kappa shape index (κ1) is 14.5. The predicted molar refractivity (Wildman–Crippen MR) is 83.1 cm³/mol. The van der Waals surface area contributed by atoms with Crippen LogP contribution >= 0.6 is 11.3 Å². The largest absolute Gasteiger partial charge is 0.375 e. The Morgan fingerprint density at radius 3 is 2.50 bits per heavy atom. The molecule has 3 nitrogen and oxygen atoms in total. The number of aromatic nitrogens is 1. The van der Waals surface area contributed by atoms with E-state index in [0.717, 1.165) is 6.54 Å². The van der Waals surface area contributed by atoms with Gasteiger partial charge in [-0.15, -0.1) is 11.3 Å². The summed E-state index contributed by atoms with van der Waals surface area (Å²) in [7, 11) is 0. The quantitative estimate of drug-likeness (QED) is 0.845. The third kappa shape index (κ3) is 3.80. The summed E-state index contributed by atoms with van der Waals surface area (Å²) in [6, 6.07) is 0. The van der Waals surface area contributed by atoms with Crippen molar-refractivity contribution in [3.63, 3.8) is 0 Å². The van der Waals surface area contributed by atoms with Gasteiger partial charge in [0.2, 0.25) is 0 Å². The number of aryl methyl sites for hydroxylation is 1. The maximum Gasteiger partial charge on any atom is 0.0798 e. The molecule has 3 rings (SSSR count). The average Bonchev–Trinajstić information content (AvgIpc) is 2.88. The molecule has 0 bridgehead atoms. The molecule has 0 amide bonds. The average molecular weight is 294 g/mol. The zero-order valence-electron chi connectivity index (χ0n) is 12.5. The van der Waals surface area contributed by atoms with Gasteiger partial charge >= 0.3 is 0 Å². The van der Waals surface area contributed by atoms with E-state index in [9.17, 15) is 0 Å². The summed E-state index contributed by atoms with van der Waals surface area (Å²) >= 11 is 1.79. The van der Waals surface area contributed by atoms with Crippen LogP contribution in [0.15, 0.2) is 5.51 Å². The van der Waals surface area contributed by atoms with Gasteiger partial charge in [-0.3, -0.25) is 4.90 Å². The number of hydrogen-bond acceptors (Lipinski definition) is 4. The van der Waals surface area contributed by atoms with Crippen LogP contribution < -0.4 is 0 Å². The summed E-state index contributed by atoms with van der Waals surface area (Å²) in [6.45, 7) is 5.54. The van der Waals surface area contributed by atoms with Crippen molar-refractivity contribution in [3.05, 3.63) is 16.1 Å². The van der Waals surface area contributed by atoms with Gasteiger partial charge in [-0.05, 0) is 32.6 Å². The third-order valence-electron chi connectivity index (χ3n) is 4.68. The number of hydrogen-bond donors (Lipinski definition) is 0. The minimum Gasteiger partial charge on any atom is -0.375 e. The highest BCUT2D eigenvalue weighted by atomic mass is 32.1. The lowest BCUT2D eigenvalue weighted by atomic mass is 9.97. The van der Waals surface area contributed by atoms with E-state index < -0.39 is 0 Å². The van der Waals surface area contributed by atoms with Crippen LogP contribution in [0.25, 0.3) is 0 Å². The molecule has 112 valence electrons. The lowest BCUT2D eigenvalue weighted by Gasteiger charge is -2.34. The lowest BCUT2D eigenvalue weighted by molar-refractivity contribution is -0.0565. The minimum atomic E-state index is 0.511. The molecule has 0 N–H and O–H groups in total. The van der Waals surface area contributed by atoms with E-state index in [1.165, 1.54) is 68.6 Å². The van der Waals surface area contributed by atoms with Crippen LogP contribution in [-0.2, 0) is 11.3 Å². The smallest absolute Gasteiger partial charge is 0.0798 e. The van der Waals surface area contributed by atoms with Gasteiger partial charge in [0, 0.05) is 24.5 Å². The number of rotatable bonds is 4. The predicted octanol–water partition coefficient (Wildman–Crippen LogP) is 3.77. The topological polar surface area (TPSA) is 25.4 Å². The van der Waals surface area contributed by atoms with Crippen molar-refractivity contribution in [2.75, 3.05) is 13.1 Å². The highest BCUT2D eigenvalue weighted by Gasteiger charge is 2.24. The fraction of sp³-hybridized carbons (Fsp3) is 0.812. The SMILES string of the molecule is Cc1ncsc1CN1CCC(OC2CCCCC2)CC1. The van der Waals surface area contributed by atoms with Gasteiger partial charge < -0.3 is 4.74 Å². The first-order chi connectivity index (χ1) is 9.81. The Kier molecular flexibility index (Phi) is 5.08. The molecule has 0 atom stereocenters. The van der Waals surface area contributed by atoms with Gasteiger partial charge in [0.05, 0.1) is 23.4 Å². The first-order valence-electron chi connectivity index (χ1n) is 8.08. The molecule has 2 aliphatic rings. The van der Waals surface area contributed by atoms with Gasteiger partial charge in [0.25, 0.3) is 0 Å². The van der Waals surface area contributed by atoms with Crippen LogP contribution in [0, 0.1) is 6.92 Å². The van der Waals surface area contributed by atoms with Crippen molar-refractivity contribution in [2.45, 2.75) is 70.6 Å². The van der Waals surface area contributed by atoms with Crippen LogP contribution in [0.1, 0.15) is 55.5 Å². The number of piperidine rings is 1. The molecule has 0 radical (unpaired) electrons. The fourth-order valence-corrected chi connectivity index (χ4v) is 4.18. The third-order valence-corrected chi connectivity index (χ3v) is 5.60. The normalized spacial score (nSPS) is 23.2. The summed E-state index contributed by atoms with van der Waals surface area (Å²) in [5, 5.41) is 0. The summed E-state index contributed by atoms with van der Waals surface area (Å²) in [5.41, 5.74) is 3.17. The maximum atomic E-state index is 6.30. The highest BCUT2D eigenvalue weighted by molar-refractivity contribution is 7.09. The van der Waals surface area contributed by atoms with Crippen LogP contribution in [0.2, 0.25) is 0 Å². The zero-order chi connectivity index (χ0) is 13.8. The summed E-state index contributed by atoms with van der Waals surface area (Å²) in [6.07, 6.45) is 10.2. The lowest BCUT2D eigenvalue weighted by Crippen LogP contribution is -2.38. The van der Waals surface area contributed by atoms with Gasteiger partial charge in [-0.1, -0.05) is 19.3 Å². The van der Waals surface area contributed by atoms with Crippen molar-refractivity contribution in [2.24, 2.45) is 0 Å². The molecular weight excluding hydrogens is 268 g/mol. The van der Waals surface area contributed by atoms with E-state index in [4.69, 9.17) is 4.74 Å². The molecule has 1 saturated carbocycles. The molecule has 1 saturated heterocycles. The van der Waals surface area contributed by atoms with Crippen LogP contribution in [-0.4, -0.2) is 35.2 Å². The maximum absolute atomic E-state index is 6.30. The number of ether oxygens (including phenoxy) is 1. The molecule has 1 aliphatic carbocycles. The number of thiazole rings is 1. The number of likely N-dealkylation sites (tertiary alicyclic amines) is 1. The number of nitrogens with zero attached hydrogens (tertiary/aromatic N) is 2. The Bertz CT molecular complexity index is 406. The molecule has 20 heavy (non-hydrogen) atoms. The molecule has 1 aliphatic heterocycles. The van der Waals surface area contributed by atoms with Crippen molar-refractivity contribution in [1.82, 2.24) is 9.88 Å². The second-order valence-corrected chi connectivity index (χ2v) is 7.17. The van der Waals surface area contributed by atoms with E-state index in [2.05, 4.69) is 16.8 Å². The van der Waals surface area contributed by atoms with Crippen molar-refractivity contribution >= 4 is 11.3 Å². The molecule has 0 aromatic carbocycles. The van der Waals surface area contributed by atoms with E-state index in [-0.39, 0.29) is 0 Å². The van der Waals surface area contributed by atoms with Crippen molar-refractivity contribution in [3.8, 4) is 0 Å². The molecule has 2 fully saturated rings. The molecule has 0 spiro atoms. The van der Waals surface area contributed by atoms with Gasteiger partial charge in [0.1, 0.15) is 0 Å². The second kappa shape index (κ2) is 7.01. The van der Waals surface area contributed by atoms with E-state index in [0.29, 0.717) is 12.2 Å². The second-order valence-electron chi connectivity index (χ2n) is 6.23. The molecule has 2 heterocycles. The molecule has 0 unspecified atom stereocenters. The van der Waals surface area contributed by atoms with E-state index >= 15 is 0 Å². The van der Waals surface area contributed by atoms with E-state index in [1.54, 1.807) is 11.3 Å². The van der Waals surface area contributed by atoms with E-state index in [1.807, 2.05) is 5.51 Å². The van der Waals surface area contributed by atoms with Crippen molar-refractivity contribution in [1.29, 1.82) is 0 Å². The molecule has 4 heteroatoms. The Balaban J connectivity index is 1.41. The monoisotopic (exact) mass is 294 g/mol. The highest BCUT2D eigenvalue weighted by Crippen LogP contribution is 2.25. The zero-order valence-corrected chi connectivity index (χ0v) is 13.3. The summed E-state index contributed by atoms with van der Waals surface area (Å²) in [4.78, 5) is 8.33. The molecule has 1 aromatic rings. The summed E-state index contributed by atoms with van der Waals surface area (Å²) in [5.74, 6) is 0. The molecule has 1 aromatic heterocycles. The Hall–Kier alpha value is -0.450. The Labute approximate surface area is 126 Å². The Morgan fingerprint density at radius 2 is 1.85 bits per heavy atom. The van der Waals surface area contributed by atoms with Crippen LogP contribution in [0.3, 0.4) is 0 Å². The minimum absolute atomic E-state index is 0.511. The standard InChI is InChI=1S/C16H26N2OS/c1-13-16(20-12-17-13)11-18-9-7-15(8-10-18)19-14-5-3-2-4-6-14/h12,14-15H,2-11H2,1H3. The fourth-order valence-electron chi connectivity index (χ4n) is 3.36. The van der Waals surface area contributed by atoms with Gasteiger partial charge in [-0.2, -0.15) is 0 Å². The van der Waals surface area contributed by atoms with Crippen LogP contribution in [0.5, 0.6) is 0 Å². The van der Waals surface area contributed by atoms with Crippen molar-refractivity contribution < 1.29 is 4.74 Å². The summed E-state index contributed by atoms with van der Waals surface area (Å²) < 4.78 is 6.30. The van der Waals surface area contributed by atoms with Gasteiger partial charge in [0.15, 0.2) is 0 Å². The first-order valence-corrected chi connectivity index (χ1v) is 8.96. The molecular formula is C16H26N2OS. The van der Waals surface area contributed by atoms with Gasteiger partial charge in [-0.25, -0.2) is 4.98 Å².